The minimum absolute atomic E-state index is 0.0183. The Morgan fingerprint density at radius 2 is 1.50 bits per heavy atom. The Hall–Kier alpha value is -4.96. The Labute approximate surface area is 282 Å². The van der Waals surface area contributed by atoms with Gasteiger partial charge < -0.3 is 24.6 Å². The maximum atomic E-state index is 13.6. The fourth-order valence-electron chi connectivity index (χ4n) is 7.08. The van der Waals surface area contributed by atoms with Crippen LogP contribution >= 0.6 is 0 Å². The van der Waals surface area contributed by atoms with Crippen molar-refractivity contribution >= 4 is 17.6 Å². The van der Waals surface area contributed by atoms with Crippen molar-refractivity contribution in [2.75, 3.05) is 46.9 Å². The minimum atomic E-state index is -0.845. The lowest BCUT2D eigenvalue weighted by Crippen LogP contribution is -2.44. The van der Waals surface area contributed by atoms with E-state index >= 15 is 0 Å². The number of hydrogen-bond donors (Lipinski definition) is 1. The number of likely N-dealkylation sites (tertiary alicyclic amines) is 1. The molecule has 0 radical (unpaired) electrons. The normalized spacial score (nSPS) is 18.0. The second-order valence-corrected chi connectivity index (χ2v) is 12.3. The zero-order chi connectivity index (χ0) is 34.3. The maximum absolute atomic E-state index is 13.6. The molecule has 1 saturated heterocycles. The molecular formula is C38H44N4O6. The zero-order valence-electron chi connectivity index (χ0n) is 28.1. The van der Waals surface area contributed by atoms with Crippen LogP contribution < -0.4 is 5.32 Å². The van der Waals surface area contributed by atoms with Crippen LogP contribution in [0.25, 0.3) is 0 Å². The van der Waals surface area contributed by atoms with Crippen molar-refractivity contribution in [3.8, 4) is 0 Å². The summed E-state index contributed by atoms with van der Waals surface area (Å²) < 4.78 is 10.7. The third-order valence-electron chi connectivity index (χ3n) is 9.70. The van der Waals surface area contributed by atoms with E-state index in [0.717, 1.165) is 38.9 Å². The Morgan fingerprint density at radius 1 is 0.917 bits per heavy atom. The van der Waals surface area contributed by atoms with Crippen LogP contribution in [0.1, 0.15) is 55.7 Å². The highest BCUT2D eigenvalue weighted by atomic mass is 16.6. The Balaban J connectivity index is 1.34. The number of nitro benzene ring substituents is 1. The number of methoxy groups -OCH3 is 1. The zero-order valence-corrected chi connectivity index (χ0v) is 28.1. The van der Waals surface area contributed by atoms with Gasteiger partial charge in [0.1, 0.15) is 5.82 Å². The molecule has 0 amide bonds. The second-order valence-electron chi connectivity index (χ2n) is 12.3. The summed E-state index contributed by atoms with van der Waals surface area (Å²) in [5.74, 6) is -1.47. The van der Waals surface area contributed by atoms with Gasteiger partial charge in [0.2, 0.25) is 0 Å². The summed E-state index contributed by atoms with van der Waals surface area (Å²) in [4.78, 5) is 41.9. The first-order valence-electron chi connectivity index (χ1n) is 16.5. The molecular weight excluding hydrogens is 608 g/mol. The molecule has 1 atom stereocenters. The van der Waals surface area contributed by atoms with Crippen molar-refractivity contribution in [1.29, 1.82) is 0 Å². The van der Waals surface area contributed by atoms with E-state index in [4.69, 9.17) is 9.47 Å². The minimum Gasteiger partial charge on any atom is -0.466 e. The van der Waals surface area contributed by atoms with Gasteiger partial charge in [-0.3, -0.25) is 10.1 Å². The van der Waals surface area contributed by atoms with E-state index < -0.39 is 22.8 Å². The number of carbonyl (C=O) groups is 2. The van der Waals surface area contributed by atoms with Gasteiger partial charge in [0.25, 0.3) is 5.69 Å². The number of nitrogens with one attached hydrogen (secondary N) is 1. The van der Waals surface area contributed by atoms with Crippen molar-refractivity contribution in [3.63, 3.8) is 0 Å². The van der Waals surface area contributed by atoms with E-state index in [9.17, 15) is 19.7 Å². The van der Waals surface area contributed by atoms with Crippen molar-refractivity contribution in [2.24, 2.45) is 0 Å². The molecule has 10 heteroatoms. The second kappa shape index (κ2) is 15.3. The molecule has 1 unspecified atom stereocenters. The van der Waals surface area contributed by atoms with E-state index in [1.54, 1.807) is 37.9 Å². The molecule has 2 aliphatic rings. The van der Waals surface area contributed by atoms with E-state index in [1.165, 1.54) is 30.4 Å². The Kier molecular flexibility index (Phi) is 11.0. The summed E-state index contributed by atoms with van der Waals surface area (Å²) in [6.07, 6.45) is 2.87. The Morgan fingerprint density at radius 3 is 2.02 bits per heavy atom. The molecule has 0 bridgehead atoms. The smallest absolute Gasteiger partial charge is 0.338 e. The molecule has 3 aromatic rings. The topological polar surface area (TPSA) is 114 Å². The molecule has 2 heterocycles. The first-order valence-corrected chi connectivity index (χ1v) is 16.5. The van der Waals surface area contributed by atoms with Gasteiger partial charge in [-0.25, -0.2) is 9.59 Å². The highest BCUT2D eigenvalue weighted by molar-refractivity contribution is 5.99. The number of hydrogen-bond acceptors (Lipinski definition) is 9. The van der Waals surface area contributed by atoms with Gasteiger partial charge in [-0.15, -0.1) is 0 Å². The van der Waals surface area contributed by atoms with Crippen molar-refractivity contribution in [1.82, 2.24) is 15.1 Å². The SMILES string of the molecule is CCOC(=O)C1=C(NCCCN2CCC(c3ccccc3)(c3ccccc3)CC2)N(C)C(C)=C(C(=O)OC)C1c1ccc([N+](=O)[O-])cc1. The summed E-state index contributed by atoms with van der Waals surface area (Å²) in [6, 6.07) is 27.5. The number of carbonyl (C=O) groups excluding carboxylic acids is 2. The number of ether oxygens (including phenoxy) is 2. The van der Waals surface area contributed by atoms with E-state index in [0.29, 0.717) is 23.6 Å². The molecule has 0 spiro atoms. The molecule has 48 heavy (non-hydrogen) atoms. The molecule has 252 valence electrons. The molecule has 1 N–H and O–H groups in total. The molecule has 0 saturated carbocycles. The van der Waals surface area contributed by atoms with Gasteiger partial charge in [0.05, 0.1) is 35.7 Å². The van der Waals surface area contributed by atoms with Crippen LogP contribution in [0.15, 0.2) is 108 Å². The van der Waals surface area contributed by atoms with Crippen LogP contribution in [-0.4, -0.2) is 73.6 Å². The van der Waals surface area contributed by atoms with Crippen LogP contribution in [0, 0.1) is 10.1 Å². The van der Waals surface area contributed by atoms with Gasteiger partial charge in [-0.2, -0.15) is 0 Å². The number of rotatable bonds is 12. The number of piperidine rings is 1. The number of nitro groups is 1. The van der Waals surface area contributed by atoms with Crippen molar-refractivity contribution in [2.45, 2.75) is 44.4 Å². The van der Waals surface area contributed by atoms with Gasteiger partial charge in [-0.1, -0.05) is 72.8 Å². The number of non-ortho nitro benzene ring substituents is 1. The van der Waals surface area contributed by atoms with Gasteiger partial charge in [0.15, 0.2) is 0 Å². The monoisotopic (exact) mass is 652 g/mol. The lowest BCUT2D eigenvalue weighted by Gasteiger charge is -2.43. The van der Waals surface area contributed by atoms with E-state index in [1.807, 2.05) is 0 Å². The molecule has 0 aromatic heterocycles. The maximum Gasteiger partial charge on any atom is 0.338 e. The van der Waals surface area contributed by atoms with E-state index in [2.05, 4.69) is 70.9 Å². The highest BCUT2D eigenvalue weighted by Gasteiger charge is 2.41. The predicted molar refractivity (Wildman–Crippen MR) is 184 cm³/mol. The summed E-state index contributed by atoms with van der Waals surface area (Å²) in [7, 11) is 3.09. The molecule has 5 rings (SSSR count). The lowest BCUT2D eigenvalue weighted by molar-refractivity contribution is -0.384. The summed E-state index contributed by atoms with van der Waals surface area (Å²) >= 11 is 0. The lowest BCUT2D eigenvalue weighted by atomic mass is 9.68. The molecule has 0 aliphatic carbocycles. The standard InChI is InChI=1S/C38H44N4O6/c1-5-48-37(44)34-33(28-17-19-31(20-18-28)42(45)46)32(36(43)47-4)27(2)40(3)35(34)39-23-12-24-41-25-21-38(22-26-41,29-13-8-6-9-14-29)30-15-10-7-11-16-30/h6-11,13-20,33,39H,5,12,21-26H2,1-4H3. The largest absolute Gasteiger partial charge is 0.466 e. The van der Waals surface area contributed by atoms with Crippen LogP contribution in [0.2, 0.25) is 0 Å². The van der Waals surface area contributed by atoms with Gasteiger partial charge in [0, 0.05) is 36.8 Å². The highest BCUT2D eigenvalue weighted by Crippen LogP contribution is 2.43. The molecule has 1 fully saturated rings. The number of allylic oxidation sites excluding steroid dienone is 1. The summed E-state index contributed by atoms with van der Waals surface area (Å²) in [6.45, 7) is 7.06. The quantitative estimate of drug-likeness (QED) is 0.110. The third-order valence-corrected chi connectivity index (χ3v) is 9.70. The summed E-state index contributed by atoms with van der Waals surface area (Å²) in [5.41, 5.74) is 4.29. The first kappa shape index (κ1) is 34.4. The van der Waals surface area contributed by atoms with Crippen LogP contribution in [0.5, 0.6) is 0 Å². The number of nitrogens with zero attached hydrogens (tertiary/aromatic N) is 3. The third kappa shape index (κ3) is 6.99. The Bertz CT molecular complexity index is 1620. The van der Waals surface area contributed by atoms with Crippen molar-refractivity contribution < 1.29 is 24.0 Å². The number of benzene rings is 3. The van der Waals surface area contributed by atoms with Gasteiger partial charge >= 0.3 is 11.9 Å². The van der Waals surface area contributed by atoms with Crippen LogP contribution in [0.4, 0.5) is 5.69 Å². The van der Waals surface area contributed by atoms with E-state index in [-0.39, 0.29) is 28.9 Å². The van der Waals surface area contributed by atoms with Crippen LogP contribution in [-0.2, 0) is 24.5 Å². The fraction of sp³-hybridized carbons (Fsp3) is 0.368. The molecule has 10 nitrogen and oxygen atoms in total. The average molecular weight is 653 g/mol. The molecule has 2 aliphatic heterocycles. The van der Waals surface area contributed by atoms with Crippen molar-refractivity contribution in [3.05, 3.63) is 134 Å². The summed E-state index contributed by atoms with van der Waals surface area (Å²) in [5, 5.41) is 14.8. The predicted octanol–water partition coefficient (Wildman–Crippen LogP) is 5.91. The average Bonchev–Trinajstić information content (AvgIpc) is 3.12. The van der Waals surface area contributed by atoms with Crippen LogP contribution in [0.3, 0.4) is 0 Å². The van der Waals surface area contributed by atoms with Gasteiger partial charge in [-0.05, 0) is 69.4 Å². The molecule has 3 aromatic carbocycles. The number of esters is 2. The fourth-order valence-corrected chi connectivity index (χ4v) is 7.08. The first-order chi connectivity index (χ1) is 23.2.